The van der Waals surface area contributed by atoms with Gasteiger partial charge in [0.15, 0.2) is 11.5 Å². The van der Waals surface area contributed by atoms with Crippen LogP contribution in [0.25, 0.3) is 6.08 Å². The summed E-state index contributed by atoms with van der Waals surface area (Å²) >= 11 is 0. The fourth-order valence-electron chi connectivity index (χ4n) is 1.79. The summed E-state index contributed by atoms with van der Waals surface area (Å²) in [5.41, 5.74) is 0.757. The molecule has 15 heavy (non-hydrogen) atoms. The summed E-state index contributed by atoms with van der Waals surface area (Å²) in [7, 11) is 0. The predicted molar refractivity (Wildman–Crippen MR) is 56.3 cm³/mol. The Morgan fingerprint density at radius 3 is 2.87 bits per heavy atom. The van der Waals surface area contributed by atoms with E-state index in [1.807, 2.05) is 32.1 Å². The molecule has 0 aliphatic carbocycles. The molecule has 2 heterocycles. The van der Waals surface area contributed by atoms with Crippen LogP contribution in [-0.2, 0) is 0 Å². The third kappa shape index (κ3) is 1.27. The monoisotopic (exact) mass is 204 g/mol. The summed E-state index contributed by atoms with van der Waals surface area (Å²) in [6.45, 7) is 4.31. The molecule has 0 fully saturated rings. The van der Waals surface area contributed by atoms with Crippen molar-refractivity contribution in [3.05, 3.63) is 23.8 Å². The third-order valence-electron chi connectivity index (χ3n) is 2.55. The van der Waals surface area contributed by atoms with Crippen LogP contribution >= 0.6 is 0 Å². The quantitative estimate of drug-likeness (QED) is 0.650. The highest BCUT2D eigenvalue weighted by atomic mass is 16.7. The molecule has 3 rings (SSSR count). The van der Waals surface area contributed by atoms with Crippen LogP contribution in [0.15, 0.2) is 18.2 Å². The van der Waals surface area contributed by atoms with Gasteiger partial charge >= 0.3 is 0 Å². The van der Waals surface area contributed by atoms with Crippen molar-refractivity contribution in [3.63, 3.8) is 0 Å². The molecule has 3 heteroatoms. The second-order valence-corrected chi connectivity index (χ2v) is 4.26. The van der Waals surface area contributed by atoms with Gasteiger partial charge in [-0.3, -0.25) is 0 Å². The summed E-state index contributed by atoms with van der Waals surface area (Å²) in [5.74, 6) is 2.28. The molecule has 1 aromatic carbocycles. The van der Waals surface area contributed by atoms with E-state index in [0.29, 0.717) is 0 Å². The first-order valence-corrected chi connectivity index (χ1v) is 4.97. The van der Waals surface area contributed by atoms with Crippen molar-refractivity contribution in [2.24, 2.45) is 0 Å². The van der Waals surface area contributed by atoms with Crippen molar-refractivity contribution in [3.8, 4) is 17.2 Å². The molecule has 1 aromatic rings. The molecular formula is C12H12O3. The lowest BCUT2D eigenvalue weighted by atomic mass is 10.0. The highest BCUT2D eigenvalue weighted by molar-refractivity contribution is 5.69. The first-order valence-electron chi connectivity index (χ1n) is 4.97. The van der Waals surface area contributed by atoms with Crippen LogP contribution in [-0.4, -0.2) is 12.4 Å². The lowest BCUT2D eigenvalue weighted by molar-refractivity contribution is 0.140. The molecule has 0 radical (unpaired) electrons. The number of fused-ring (bicyclic) bond motifs is 3. The Hall–Kier alpha value is -1.64. The molecule has 0 saturated carbocycles. The molecular weight excluding hydrogens is 192 g/mol. The van der Waals surface area contributed by atoms with Gasteiger partial charge < -0.3 is 14.2 Å². The minimum atomic E-state index is -0.284. The summed E-state index contributed by atoms with van der Waals surface area (Å²) in [5, 5.41) is 0. The Kier molecular flexibility index (Phi) is 1.55. The number of benzene rings is 1. The van der Waals surface area contributed by atoms with Gasteiger partial charge in [0.05, 0.1) is 0 Å². The zero-order valence-electron chi connectivity index (χ0n) is 8.74. The van der Waals surface area contributed by atoms with Gasteiger partial charge in [-0.05, 0) is 32.1 Å². The van der Waals surface area contributed by atoms with Crippen LogP contribution in [0.2, 0.25) is 0 Å². The van der Waals surface area contributed by atoms with E-state index < -0.39 is 0 Å². The molecule has 0 spiro atoms. The molecule has 0 aromatic heterocycles. The Balaban J connectivity index is 2.17. The van der Waals surface area contributed by atoms with Crippen LogP contribution in [0.5, 0.6) is 17.2 Å². The first kappa shape index (κ1) is 8.65. The van der Waals surface area contributed by atoms with E-state index in [1.54, 1.807) is 0 Å². The Morgan fingerprint density at radius 2 is 2.00 bits per heavy atom. The smallest absolute Gasteiger partial charge is 0.231 e. The fraction of sp³-hybridized carbons (Fsp3) is 0.333. The molecule has 0 bridgehead atoms. The van der Waals surface area contributed by atoms with E-state index in [9.17, 15) is 0 Å². The molecule has 0 amide bonds. The van der Waals surface area contributed by atoms with E-state index in [4.69, 9.17) is 14.2 Å². The van der Waals surface area contributed by atoms with Gasteiger partial charge in [0, 0.05) is 5.56 Å². The molecule has 2 aliphatic heterocycles. The van der Waals surface area contributed by atoms with Crippen molar-refractivity contribution in [1.82, 2.24) is 0 Å². The second kappa shape index (κ2) is 2.69. The SMILES string of the molecule is CC1(C)C=Cc2ccc3c(c2O1)OCO3. The zero-order chi connectivity index (χ0) is 10.5. The van der Waals surface area contributed by atoms with Crippen molar-refractivity contribution < 1.29 is 14.2 Å². The van der Waals surface area contributed by atoms with E-state index >= 15 is 0 Å². The van der Waals surface area contributed by atoms with Gasteiger partial charge in [0.25, 0.3) is 0 Å². The predicted octanol–water partition coefficient (Wildman–Crippen LogP) is 2.60. The van der Waals surface area contributed by atoms with Gasteiger partial charge in [-0.25, -0.2) is 0 Å². The minimum absolute atomic E-state index is 0.277. The fourth-order valence-corrected chi connectivity index (χ4v) is 1.79. The van der Waals surface area contributed by atoms with Crippen LogP contribution in [0.1, 0.15) is 19.4 Å². The van der Waals surface area contributed by atoms with E-state index in [2.05, 4.69) is 6.08 Å². The maximum absolute atomic E-state index is 5.87. The first-order chi connectivity index (χ1) is 7.16. The lowest BCUT2D eigenvalue weighted by Gasteiger charge is -2.28. The third-order valence-corrected chi connectivity index (χ3v) is 2.55. The Labute approximate surface area is 88.3 Å². The van der Waals surface area contributed by atoms with Gasteiger partial charge in [0.2, 0.25) is 12.5 Å². The molecule has 3 nitrogen and oxygen atoms in total. The van der Waals surface area contributed by atoms with Crippen molar-refractivity contribution in [2.45, 2.75) is 19.4 Å². The number of ether oxygens (including phenoxy) is 3. The standard InChI is InChI=1S/C12H12O3/c1-12(2)6-5-8-3-4-9-11(10(8)15-12)14-7-13-9/h3-6H,7H2,1-2H3. The largest absolute Gasteiger partial charge is 0.479 e. The molecule has 0 N–H and O–H groups in total. The van der Waals surface area contributed by atoms with E-state index in [1.165, 1.54) is 0 Å². The molecule has 2 aliphatic rings. The summed E-state index contributed by atoms with van der Waals surface area (Å²) in [6, 6.07) is 3.89. The number of hydrogen-bond donors (Lipinski definition) is 0. The summed E-state index contributed by atoms with van der Waals surface area (Å²) < 4.78 is 16.6. The van der Waals surface area contributed by atoms with E-state index in [0.717, 1.165) is 22.8 Å². The maximum atomic E-state index is 5.87. The highest BCUT2D eigenvalue weighted by Crippen LogP contribution is 2.46. The molecule has 0 atom stereocenters. The average Bonchev–Trinajstić information content (AvgIpc) is 2.64. The normalized spacial score (nSPS) is 19.6. The lowest BCUT2D eigenvalue weighted by Crippen LogP contribution is -2.27. The molecule has 78 valence electrons. The van der Waals surface area contributed by atoms with Crippen LogP contribution < -0.4 is 14.2 Å². The average molecular weight is 204 g/mol. The van der Waals surface area contributed by atoms with Gasteiger partial charge in [-0.15, -0.1) is 0 Å². The summed E-state index contributed by atoms with van der Waals surface area (Å²) in [6.07, 6.45) is 4.10. The topological polar surface area (TPSA) is 27.7 Å². The Bertz CT molecular complexity index is 446. The maximum Gasteiger partial charge on any atom is 0.231 e. The Morgan fingerprint density at radius 1 is 1.13 bits per heavy atom. The zero-order valence-corrected chi connectivity index (χ0v) is 8.74. The molecule has 0 unspecified atom stereocenters. The minimum Gasteiger partial charge on any atom is -0.479 e. The van der Waals surface area contributed by atoms with Crippen LogP contribution in [0.4, 0.5) is 0 Å². The summed E-state index contributed by atoms with van der Waals surface area (Å²) in [4.78, 5) is 0. The van der Waals surface area contributed by atoms with Gasteiger partial charge in [-0.1, -0.05) is 6.08 Å². The van der Waals surface area contributed by atoms with Crippen molar-refractivity contribution in [2.75, 3.05) is 6.79 Å². The number of rotatable bonds is 0. The van der Waals surface area contributed by atoms with E-state index in [-0.39, 0.29) is 12.4 Å². The van der Waals surface area contributed by atoms with Gasteiger partial charge in [-0.2, -0.15) is 0 Å². The highest BCUT2D eigenvalue weighted by Gasteiger charge is 2.28. The number of hydrogen-bond acceptors (Lipinski definition) is 3. The van der Waals surface area contributed by atoms with Crippen molar-refractivity contribution in [1.29, 1.82) is 0 Å². The molecule has 0 saturated heterocycles. The van der Waals surface area contributed by atoms with Crippen molar-refractivity contribution >= 4 is 6.08 Å². The second-order valence-electron chi connectivity index (χ2n) is 4.26. The van der Waals surface area contributed by atoms with Gasteiger partial charge in [0.1, 0.15) is 5.60 Å². The van der Waals surface area contributed by atoms with Crippen LogP contribution in [0, 0.1) is 0 Å². The van der Waals surface area contributed by atoms with Crippen LogP contribution in [0.3, 0.4) is 0 Å².